The van der Waals surface area contributed by atoms with Gasteiger partial charge in [0, 0.05) is 32.4 Å². The first-order valence-corrected chi connectivity index (χ1v) is 6.53. The van der Waals surface area contributed by atoms with Gasteiger partial charge in [0.25, 0.3) is 0 Å². The van der Waals surface area contributed by atoms with E-state index in [-0.39, 0.29) is 6.61 Å². The Morgan fingerprint density at radius 1 is 1.35 bits per heavy atom. The molecule has 0 aliphatic carbocycles. The van der Waals surface area contributed by atoms with Crippen molar-refractivity contribution in [3.05, 3.63) is 18.0 Å². The number of nitrogens with zero attached hydrogens (tertiary/aromatic N) is 3. The second-order valence-corrected chi connectivity index (χ2v) is 4.50. The summed E-state index contributed by atoms with van der Waals surface area (Å²) >= 11 is 0. The maximum absolute atomic E-state index is 9.12. The summed E-state index contributed by atoms with van der Waals surface area (Å²) in [5, 5.41) is 13.3. The van der Waals surface area contributed by atoms with Crippen molar-refractivity contribution >= 4 is 0 Å². The summed E-state index contributed by atoms with van der Waals surface area (Å²) in [4.78, 5) is 2.38. The molecule has 1 heterocycles. The van der Waals surface area contributed by atoms with Gasteiger partial charge in [-0.3, -0.25) is 9.58 Å². The number of aryl methyl sites for hydroxylation is 1. The Labute approximate surface area is 104 Å². The zero-order chi connectivity index (χ0) is 12.7. The van der Waals surface area contributed by atoms with Crippen LogP contribution in [0, 0.1) is 0 Å². The molecule has 0 aliphatic heterocycles. The molecule has 98 valence electrons. The van der Waals surface area contributed by atoms with E-state index in [9.17, 15) is 0 Å². The van der Waals surface area contributed by atoms with Crippen LogP contribution >= 0.6 is 0 Å². The van der Waals surface area contributed by atoms with Gasteiger partial charge in [-0.25, -0.2) is 0 Å². The Balaban J connectivity index is 2.48. The van der Waals surface area contributed by atoms with Crippen LogP contribution in [0.25, 0.3) is 0 Å². The van der Waals surface area contributed by atoms with Crippen LogP contribution in [0.4, 0.5) is 0 Å². The molecular formula is C13H25N3O. The van der Waals surface area contributed by atoms with Crippen molar-refractivity contribution in [3.8, 4) is 0 Å². The summed E-state index contributed by atoms with van der Waals surface area (Å²) in [6.07, 6.45) is 7.27. The molecule has 0 atom stereocenters. The standard InChI is InChI=1S/C13H25N3O/c1-4-13(5-2)16(8-9-17)7-6-12-10-14-15(3)11-12/h10-11,13,17H,4-9H2,1-3H3. The minimum atomic E-state index is 0.240. The Hall–Kier alpha value is -0.870. The molecule has 0 aromatic carbocycles. The van der Waals surface area contributed by atoms with E-state index < -0.39 is 0 Å². The number of aliphatic hydroxyl groups is 1. The molecular weight excluding hydrogens is 214 g/mol. The van der Waals surface area contributed by atoms with Crippen molar-refractivity contribution in [2.45, 2.75) is 39.2 Å². The molecule has 1 N–H and O–H groups in total. The second-order valence-electron chi connectivity index (χ2n) is 4.50. The van der Waals surface area contributed by atoms with Crippen LogP contribution in [-0.2, 0) is 13.5 Å². The third-order valence-corrected chi connectivity index (χ3v) is 3.29. The van der Waals surface area contributed by atoms with E-state index in [0.29, 0.717) is 6.04 Å². The van der Waals surface area contributed by atoms with Gasteiger partial charge in [-0.15, -0.1) is 0 Å². The highest BCUT2D eigenvalue weighted by Crippen LogP contribution is 2.09. The first kappa shape index (κ1) is 14.2. The lowest BCUT2D eigenvalue weighted by Crippen LogP contribution is -2.38. The predicted molar refractivity (Wildman–Crippen MR) is 69.9 cm³/mol. The van der Waals surface area contributed by atoms with Gasteiger partial charge in [0.2, 0.25) is 0 Å². The van der Waals surface area contributed by atoms with Crippen molar-refractivity contribution in [1.82, 2.24) is 14.7 Å². The van der Waals surface area contributed by atoms with Crippen molar-refractivity contribution in [2.24, 2.45) is 7.05 Å². The van der Waals surface area contributed by atoms with Crippen molar-refractivity contribution in [3.63, 3.8) is 0 Å². The van der Waals surface area contributed by atoms with Gasteiger partial charge in [0.15, 0.2) is 0 Å². The SMILES string of the molecule is CCC(CC)N(CCO)CCc1cnn(C)c1. The molecule has 0 saturated heterocycles. The maximum Gasteiger partial charge on any atom is 0.0558 e. The van der Waals surface area contributed by atoms with E-state index in [0.717, 1.165) is 32.4 Å². The highest BCUT2D eigenvalue weighted by Gasteiger charge is 2.14. The molecule has 4 nitrogen and oxygen atoms in total. The van der Waals surface area contributed by atoms with Crippen LogP contribution in [0.5, 0.6) is 0 Å². The molecule has 4 heteroatoms. The van der Waals surface area contributed by atoms with Gasteiger partial charge in [-0.05, 0) is 24.8 Å². The van der Waals surface area contributed by atoms with Crippen LogP contribution < -0.4 is 0 Å². The first-order chi connectivity index (χ1) is 8.21. The fourth-order valence-corrected chi connectivity index (χ4v) is 2.28. The van der Waals surface area contributed by atoms with E-state index in [1.165, 1.54) is 5.56 Å². The highest BCUT2D eigenvalue weighted by atomic mass is 16.3. The normalized spacial score (nSPS) is 11.6. The number of rotatable bonds is 8. The van der Waals surface area contributed by atoms with Crippen LogP contribution in [0.3, 0.4) is 0 Å². The van der Waals surface area contributed by atoms with Crippen LogP contribution in [0.15, 0.2) is 12.4 Å². The Morgan fingerprint density at radius 2 is 2.06 bits per heavy atom. The van der Waals surface area contributed by atoms with Gasteiger partial charge in [0.1, 0.15) is 0 Å². The van der Waals surface area contributed by atoms with Crippen LogP contribution in [0.2, 0.25) is 0 Å². The topological polar surface area (TPSA) is 41.3 Å². The zero-order valence-electron chi connectivity index (χ0n) is 11.3. The van der Waals surface area contributed by atoms with Crippen molar-refractivity contribution in [1.29, 1.82) is 0 Å². The number of hydrogen-bond acceptors (Lipinski definition) is 3. The minimum Gasteiger partial charge on any atom is -0.395 e. The molecule has 0 unspecified atom stereocenters. The molecule has 0 aliphatic rings. The maximum atomic E-state index is 9.12. The lowest BCUT2D eigenvalue weighted by Gasteiger charge is -2.29. The molecule has 0 amide bonds. The minimum absolute atomic E-state index is 0.240. The van der Waals surface area contributed by atoms with Crippen molar-refractivity contribution < 1.29 is 5.11 Å². The van der Waals surface area contributed by atoms with E-state index in [4.69, 9.17) is 5.11 Å². The Kier molecular flexibility index (Phi) is 6.22. The molecule has 1 rings (SSSR count). The van der Waals surface area contributed by atoms with E-state index >= 15 is 0 Å². The molecule has 1 aromatic rings. The van der Waals surface area contributed by atoms with Gasteiger partial charge in [0.05, 0.1) is 12.8 Å². The predicted octanol–water partition coefficient (Wildman–Crippen LogP) is 1.45. The largest absolute Gasteiger partial charge is 0.395 e. The number of aliphatic hydroxyl groups excluding tert-OH is 1. The lowest BCUT2D eigenvalue weighted by molar-refractivity contribution is 0.145. The first-order valence-electron chi connectivity index (χ1n) is 6.53. The number of aromatic nitrogens is 2. The van der Waals surface area contributed by atoms with Gasteiger partial charge >= 0.3 is 0 Å². The fraction of sp³-hybridized carbons (Fsp3) is 0.769. The summed E-state index contributed by atoms with van der Waals surface area (Å²) < 4.78 is 1.84. The third kappa shape index (κ3) is 4.48. The summed E-state index contributed by atoms with van der Waals surface area (Å²) in [7, 11) is 1.94. The summed E-state index contributed by atoms with van der Waals surface area (Å²) in [6, 6.07) is 0.582. The summed E-state index contributed by atoms with van der Waals surface area (Å²) in [5.74, 6) is 0. The monoisotopic (exact) mass is 239 g/mol. The Morgan fingerprint density at radius 3 is 2.53 bits per heavy atom. The van der Waals surface area contributed by atoms with E-state index in [1.807, 2.05) is 17.9 Å². The second kappa shape index (κ2) is 7.45. The van der Waals surface area contributed by atoms with Gasteiger partial charge < -0.3 is 5.11 Å². The van der Waals surface area contributed by atoms with E-state index in [2.05, 4.69) is 30.0 Å². The summed E-state index contributed by atoms with van der Waals surface area (Å²) in [5.41, 5.74) is 1.27. The lowest BCUT2D eigenvalue weighted by atomic mass is 10.1. The Bertz CT molecular complexity index is 307. The highest BCUT2D eigenvalue weighted by molar-refractivity contribution is 5.04. The molecule has 17 heavy (non-hydrogen) atoms. The van der Waals surface area contributed by atoms with Gasteiger partial charge in [-0.2, -0.15) is 5.10 Å². The zero-order valence-corrected chi connectivity index (χ0v) is 11.3. The average Bonchev–Trinajstić information content (AvgIpc) is 2.73. The quantitative estimate of drug-likeness (QED) is 0.746. The fourth-order valence-electron chi connectivity index (χ4n) is 2.28. The molecule has 0 fully saturated rings. The van der Waals surface area contributed by atoms with Crippen LogP contribution in [-0.4, -0.2) is 45.5 Å². The number of hydrogen-bond donors (Lipinski definition) is 1. The molecule has 1 aromatic heterocycles. The smallest absolute Gasteiger partial charge is 0.0558 e. The third-order valence-electron chi connectivity index (χ3n) is 3.29. The summed E-state index contributed by atoms with van der Waals surface area (Å²) in [6.45, 7) is 6.43. The van der Waals surface area contributed by atoms with Crippen molar-refractivity contribution in [2.75, 3.05) is 19.7 Å². The molecule has 0 bridgehead atoms. The van der Waals surface area contributed by atoms with Crippen LogP contribution in [0.1, 0.15) is 32.3 Å². The molecule has 0 saturated carbocycles. The van der Waals surface area contributed by atoms with E-state index in [1.54, 1.807) is 0 Å². The molecule has 0 radical (unpaired) electrons. The molecule has 0 spiro atoms. The average molecular weight is 239 g/mol. The van der Waals surface area contributed by atoms with Gasteiger partial charge in [-0.1, -0.05) is 13.8 Å².